The molecule has 2 nitrogen and oxygen atoms in total. The van der Waals surface area contributed by atoms with E-state index in [4.69, 9.17) is 9.15 Å². The average molecular weight is 190 g/mol. The summed E-state index contributed by atoms with van der Waals surface area (Å²) in [6.07, 6.45) is 0. The molecule has 2 rings (SSSR count). The normalized spacial score (nSPS) is 11.9. The molecule has 0 N–H and O–H groups in total. The van der Waals surface area contributed by atoms with E-state index in [1.165, 1.54) is 0 Å². The molecule has 0 radical (unpaired) electrons. The molecule has 0 unspecified atom stereocenters. The van der Waals surface area contributed by atoms with Crippen LogP contribution in [0.2, 0.25) is 0 Å². The minimum Gasteiger partial charge on any atom is -0.459 e. The van der Waals surface area contributed by atoms with E-state index >= 15 is 0 Å². The maximum atomic E-state index is 5.62. The molecule has 0 aliphatic carbocycles. The Balaban J connectivity index is 2.36. The lowest BCUT2D eigenvalue weighted by Crippen LogP contribution is -2.22. The van der Waals surface area contributed by atoms with Crippen molar-refractivity contribution in [3.05, 3.63) is 30.3 Å². The zero-order valence-corrected chi connectivity index (χ0v) is 8.70. The first kappa shape index (κ1) is 9.13. The van der Waals surface area contributed by atoms with Crippen molar-refractivity contribution in [1.29, 1.82) is 0 Å². The van der Waals surface area contributed by atoms with Gasteiger partial charge in [0.05, 0.1) is 0 Å². The van der Waals surface area contributed by atoms with E-state index < -0.39 is 0 Å². The van der Waals surface area contributed by atoms with E-state index in [0.29, 0.717) is 5.95 Å². The minimum atomic E-state index is -0.214. The van der Waals surface area contributed by atoms with Crippen molar-refractivity contribution in [2.45, 2.75) is 26.4 Å². The second kappa shape index (κ2) is 3.05. The van der Waals surface area contributed by atoms with Gasteiger partial charge < -0.3 is 9.15 Å². The molecule has 0 spiro atoms. The highest BCUT2D eigenvalue weighted by atomic mass is 16.6. The molecular weight excluding hydrogens is 176 g/mol. The van der Waals surface area contributed by atoms with Crippen molar-refractivity contribution >= 4 is 11.0 Å². The van der Waals surface area contributed by atoms with Gasteiger partial charge in [0, 0.05) is 11.5 Å². The molecule has 74 valence electrons. The van der Waals surface area contributed by atoms with Crippen LogP contribution in [0, 0.1) is 0 Å². The first-order chi connectivity index (χ1) is 6.54. The van der Waals surface area contributed by atoms with Gasteiger partial charge >= 0.3 is 0 Å². The van der Waals surface area contributed by atoms with E-state index in [-0.39, 0.29) is 5.60 Å². The summed E-state index contributed by atoms with van der Waals surface area (Å²) in [5.74, 6) is 0.582. The molecule has 0 aliphatic rings. The van der Waals surface area contributed by atoms with Crippen molar-refractivity contribution < 1.29 is 9.15 Å². The van der Waals surface area contributed by atoms with E-state index in [1.54, 1.807) is 0 Å². The Kier molecular flexibility index (Phi) is 1.99. The number of benzene rings is 1. The fourth-order valence-corrected chi connectivity index (χ4v) is 1.31. The second-order valence-corrected chi connectivity index (χ2v) is 4.32. The third kappa shape index (κ3) is 1.90. The van der Waals surface area contributed by atoms with Gasteiger partial charge in [0.25, 0.3) is 5.95 Å². The number of para-hydroxylation sites is 1. The number of fused-ring (bicyclic) bond motifs is 1. The predicted octanol–water partition coefficient (Wildman–Crippen LogP) is 3.61. The highest BCUT2D eigenvalue weighted by molar-refractivity contribution is 5.78. The highest BCUT2D eigenvalue weighted by Crippen LogP contribution is 2.27. The lowest BCUT2D eigenvalue weighted by Gasteiger charge is -2.18. The molecular formula is C12H14O2. The van der Waals surface area contributed by atoms with Crippen LogP contribution in [0.15, 0.2) is 34.7 Å². The van der Waals surface area contributed by atoms with Crippen LogP contribution < -0.4 is 4.74 Å². The van der Waals surface area contributed by atoms with Crippen molar-refractivity contribution in [2.75, 3.05) is 0 Å². The lowest BCUT2D eigenvalue weighted by atomic mass is 10.2. The van der Waals surface area contributed by atoms with Crippen LogP contribution in [0.25, 0.3) is 11.0 Å². The standard InChI is InChI=1S/C12H14O2/c1-12(2,3)14-11-8-9-6-4-5-7-10(9)13-11/h4-8H,1-3H3. The largest absolute Gasteiger partial charge is 0.459 e. The quantitative estimate of drug-likeness (QED) is 0.685. The van der Waals surface area contributed by atoms with Gasteiger partial charge in [0.15, 0.2) is 0 Å². The first-order valence-electron chi connectivity index (χ1n) is 4.72. The number of hydrogen-bond donors (Lipinski definition) is 0. The smallest absolute Gasteiger partial charge is 0.285 e. The molecule has 1 heterocycles. The van der Waals surface area contributed by atoms with Crippen LogP contribution in [0.4, 0.5) is 0 Å². The SMILES string of the molecule is CC(C)(C)Oc1cc2ccccc2o1. The van der Waals surface area contributed by atoms with Gasteiger partial charge in [-0.15, -0.1) is 0 Å². The Hall–Kier alpha value is -1.44. The van der Waals surface area contributed by atoms with Crippen molar-refractivity contribution in [3.63, 3.8) is 0 Å². The van der Waals surface area contributed by atoms with Crippen molar-refractivity contribution in [2.24, 2.45) is 0 Å². The zero-order chi connectivity index (χ0) is 10.2. The van der Waals surface area contributed by atoms with Crippen LogP contribution in [0.5, 0.6) is 5.95 Å². The molecule has 0 saturated heterocycles. The summed E-state index contributed by atoms with van der Waals surface area (Å²) in [4.78, 5) is 0. The van der Waals surface area contributed by atoms with E-state index in [2.05, 4.69) is 0 Å². The Labute approximate surface area is 83.5 Å². The van der Waals surface area contributed by atoms with Gasteiger partial charge in [-0.2, -0.15) is 0 Å². The molecule has 2 aromatic rings. The Morgan fingerprint density at radius 3 is 2.50 bits per heavy atom. The summed E-state index contributed by atoms with van der Waals surface area (Å²) in [6, 6.07) is 9.80. The molecule has 0 fully saturated rings. The molecule has 2 heteroatoms. The van der Waals surface area contributed by atoms with Gasteiger partial charge in [0.2, 0.25) is 0 Å². The monoisotopic (exact) mass is 190 g/mol. The highest BCUT2D eigenvalue weighted by Gasteiger charge is 2.14. The Morgan fingerprint density at radius 2 is 1.86 bits per heavy atom. The van der Waals surface area contributed by atoms with Gasteiger partial charge in [-0.1, -0.05) is 18.2 Å². The molecule has 0 amide bonds. The summed E-state index contributed by atoms with van der Waals surface area (Å²) in [7, 11) is 0. The maximum Gasteiger partial charge on any atom is 0.285 e. The van der Waals surface area contributed by atoms with Crippen LogP contribution in [-0.2, 0) is 0 Å². The van der Waals surface area contributed by atoms with Crippen molar-refractivity contribution in [1.82, 2.24) is 0 Å². The summed E-state index contributed by atoms with van der Waals surface area (Å²) >= 11 is 0. The fraction of sp³-hybridized carbons (Fsp3) is 0.333. The number of furan rings is 1. The lowest BCUT2D eigenvalue weighted by molar-refractivity contribution is 0.0978. The van der Waals surface area contributed by atoms with E-state index in [9.17, 15) is 0 Å². The molecule has 0 aliphatic heterocycles. The van der Waals surface area contributed by atoms with Crippen LogP contribution in [0.1, 0.15) is 20.8 Å². The van der Waals surface area contributed by atoms with Crippen LogP contribution >= 0.6 is 0 Å². The third-order valence-electron chi connectivity index (χ3n) is 1.81. The minimum absolute atomic E-state index is 0.214. The number of hydrogen-bond acceptors (Lipinski definition) is 2. The first-order valence-corrected chi connectivity index (χ1v) is 4.72. The molecule has 0 bridgehead atoms. The zero-order valence-electron chi connectivity index (χ0n) is 8.70. The summed E-state index contributed by atoms with van der Waals surface area (Å²) < 4.78 is 11.1. The predicted molar refractivity (Wildman–Crippen MR) is 56.6 cm³/mol. The van der Waals surface area contributed by atoms with Gasteiger partial charge in [-0.05, 0) is 26.8 Å². The molecule has 0 atom stereocenters. The van der Waals surface area contributed by atoms with Crippen LogP contribution in [-0.4, -0.2) is 5.60 Å². The summed E-state index contributed by atoms with van der Waals surface area (Å²) in [6.45, 7) is 6.00. The van der Waals surface area contributed by atoms with Gasteiger partial charge in [-0.25, -0.2) is 0 Å². The second-order valence-electron chi connectivity index (χ2n) is 4.32. The van der Waals surface area contributed by atoms with Crippen molar-refractivity contribution in [3.8, 4) is 5.95 Å². The van der Waals surface area contributed by atoms with Gasteiger partial charge in [0.1, 0.15) is 11.2 Å². The maximum absolute atomic E-state index is 5.62. The van der Waals surface area contributed by atoms with E-state index in [1.807, 2.05) is 51.1 Å². The third-order valence-corrected chi connectivity index (χ3v) is 1.81. The molecule has 14 heavy (non-hydrogen) atoms. The fourth-order valence-electron chi connectivity index (χ4n) is 1.31. The Bertz CT molecular complexity index is 402. The summed E-state index contributed by atoms with van der Waals surface area (Å²) in [5, 5.41) is 1.08. The average Bonchev–Trinajstić information content (AvgIpc) is 2.42. The van der Waals surface area contributed by atoms with Gasteiger partial charge in [-0.3, -0.25) is 0 Å². The molecule has 0 saturated carbocycles. The number of ether oxygens (including phenoxy) is 1. The molecule has 1 aromatic carbocycles. The van der Waals surface area contributed by atoms with E-state index in [0.717, 1.165) is 11.0 Å². The van der Waals surface area contributed by atoms with Crippen LogP contribution in [0.3, 0.4) is 0 Å². The molecule has 1 aromatic heterocycles. The topological polar surface area (TPSA) is 22.4 Å². The number of rotatable bonds is 1. The Morgan fingerprint density at radius 1 is 1.14 bits per heavy atom. The summed E-state index contributed by atoms with van der Waals surface area (Å²) in [5.41, 5.74) is 0.653.